The second kappa shape index (κ2) is 10.1. The van der Waals surface area contributed by atoms with Crippen LogP contribution >= 0.6 is 0 Å². The van der Waals surface area contributed by atoms with Gasteiger partial charge in [-0.1, -0.05) is 6.92 Å². The summed E-state index contributed by atoms with van der Waals surface area (Å²) in [7, 11) is 0. The van der Waals surface area contributed by atoms with Gasteiger partial charge in [-0.25, -0.2) is 8.78 Å². The minimum atomic E-state index is -1.01. The van der Waals surface area contributed by atoms with E-state index in [1.807, 2.05) is 18.2 Å². The van der Waals surface area contributed by atoms with Gasteiger partial charge in [0.15, 0.2) is 0 Å². The van der Waals surface area contributed by atoms with E-state index in [1.54, 1.807) is 46.9 Å². The van der Waals surface area contributed by atoms with Gasteiger partial charge >= 0.3 is 5.97 Å². The van der Waals surface area contributed by atoms with Crippen molar-refractivity contribution < 1.29 is 28.5 Å². The molecule has 5 rings (SSSR count). The molecule has 3 aromatic carbocycles. The molecule has 1 aliphatic heterocycles. The number of ether oxygens (including phenoxy) is 1. The molecule has 0 amide bonds. The van der Waals surface area contributed by atoms with Crippen LogP contribution in [-0.4, -0.2) is 33.4 Å². The predicted octanol–water partition coefficient (Wildman–Crippen LogP) is 6.54. The largest absolute Gasteiger partial charge is 0.493 e. The normalized spacial score (nSPS) is 12.8. The Kier molecular flexibility index (Phi) is 7.20. The molecule has 0 aliphatic carbocycles. The van der Waals surface area contributed by atoms with E-state index >= 15 is 4.39 Å². The van der Waals surface area contributed by atoms with Crippen molar-refractivity contribution in [3.8, 4) is 16.9 Å². The van der Waals surface area contributed by atoms with Gasteiger partial charge in [0.2, 0.25) is 0 Å². The summed E-state index contributed by atoms with van der Waals surface area (Å²) in [4.78, 5) is 16.3. The molecule has 0 saturated heterocycles. The zero-order valence-electron chi connectivity index (χ0n) is 21.7. The molecule has 2 heterocycles. The zero-order chi connectivity index (χ0) is 27.1. The number of rotatable bonds is 4. The second-order valence-electron chi connectivity index (χ2n) is 10.3. The molecule has 0 bridgehead atoms. The first-order valence-electron chi connectivity index (χ1n) is 12.3. The summed E-state index contributed by atoms with van der Waals surface area (Å²) in [5.41, 5.74) is 3.55. The molecule has 194 valence electrons. The van der Waals surface area contributed by atoms with E-state index in [0.29, 0.717) is 45.5 Å². The van der Waals surface area contributed by atoms with Crippen LogP contribution in [0.25, 0.3) is 32.8 Å². The highest BCUT2D eigenvalue weighted by Gasteiger charge is 2.24. The summed E-state index contributed by atoms with van der Waals surface area (Å²) in [5.74, 6) is -1.55. The fraction of sp³-hybridized carbons (Fsp3) is 0.333. The van der Waals surface area contributed by atoms with Crippen molar-refractivity contribution in [1.29, 1.82) is 0 Å². The molecule has 1 aromatic heterocycles. The van der Waals surface area contributed by atoms with Gasteiger partial charge in [0, 0.05) is 34.5 Å². The van der Waals surface area contributed by atoms with Crippen LogP contribution in [-0.2, 0) is 24.1 Å². The minimum Gasteiger partial charge on any atom is -0.493 e. The maximum absolute atomic E-state index is 15.3. The molecule has 37 heavy (non-hydrogen) atoms. The van der Waals surface area contributed by atoms with Crippen LogP contribution in [0.4, 0.5) is 8.78 Å². The van der Waals surface area contributed by atoms with Gasteiger partial charge in [-0.3, -0.25) is 9.78 Å². The van der Waals surface area contributed by atoms with Gasteiger partial charge in [-0.15, -0.1) is 0 Å². The molecule has 1 aliphatic rings. The van der Waals surface area contributed by atoms with Crippen LogP contribution in [0.1, 0.15) is 49.9 Å². The van der Waals surface area contributed by atoms with Gasteiger partial charge in [0.1, 0.15) is 17.4 Å². The van der Waals surface area contributed by atoms with Crippen LogP contribution in [0.5, 0.6) is 5.75 Å². The number of carbonyl (C=O) groups is 1. The number of benzene rings is 3. The van der Waals surface area contributed by atoms with Crippen molar-refractivity contribution in [2.45, 2.75) is 59.5 Å². The van der Waals surface area contributed by atoms with Gasteiger partial charge in [-0.05, 0) is 92.1 Å². The van der Waals surface area contributed by atoms with Gasteiger partial charge in [0.05, 0.1) is 24.1 Å². The minimum absolute atomic E-state index is 0.0252. The van der Waals surface area contributed by atoms with Crippen molar-refractivity contribution in [1.82, 2.24) is 4.98 Å². The first kappa shape index (κ1) is 26.5. The number of carboxylic acid groups (broad SMARTS) is 1. The average Bonchev–Trinajstić information content (AvgIpc) is 2.80. The molecular weight excluding hydrogens is 476 g/mol. The number of carboxylic acids is 1. The summed E-state index contributed by atoms with van der Waals surface area (Å²) in [6, 6.07) is 8.52. The van der Waals surface area contributed by atoms with Gasteiger partial charge < -0.3 is 14.9 Å². The molecule has 0 saturated carbocycles. The molecule has 0 fully saturated rings. The summed E-state index contributed by atoms with van der Waals surface area (Å²) in [5, 5.41) is 19.6. The Morgan fingerprint density at radius 1 is 1.11 bits per heavy atom. The molecule has 5 nitrogen and oxygen atoms in total. The summed E-state index contributed by atoms with van der Waals surface area (Å²) in [6.45, 7) is 9.26. The Morgan fingerprint density at radius 3 is 2.46 bits per heavy atom. The van der Waals surface area contributed by atoms with Crippen molar-refractivity contribution in [3.05, 3.63) is 70.4 Å². The SMILES string of the molecule is CC(C)(C)O.CCc1c(F)cc2c(-c3ccc4c5c(ccnc35)CCO4)c(CC(=O)O)c(C)cc2c1F. The molecular formula is C30H31F2NO4. The lowest BCUT2D eigenvalue weighted by molar-refractivity contribution is -0.136. The monoisotopic (exact) mass is 507 g/mol. The van der Waals surface area contributed by atoms with Crippen molar-refractivity contribution in [2.24, 2.45) is 0 Å². The summed E-state index contributed by atoms with van der Waals surface area (Å²) in [6.07, 6.45) is 2.39. The van der Waals surface area contributed by atoms with Crippen molar-refractivity contribution in [2.75, 3.05) is 6.61 Å². The van der Waals surface area contributed by atoms with Crippen LogP contribution in [0.2, 0.25) is 0 Å². The highest BCUT2D eigenvalue weighted by atomic mass is 19.1. The molecule has 4 aromatic rings. The number of nitrogens with zero attached hydrogens (tertiary/aromatic N) is 1. The van der Waals surface area contributed by atoms with Crippen LogP contribution < -0.4 is 4.74 Å². The number of hydrogen-bond acceptors (Lipinski definition) is 4. The molecule has 2 N–H and O–H groups in total. The lowest BCUT2D eigenvalue weighted by Gasteiger charge is -2.22. The van der Waals surface area contributed by atoms with Crippen LogP contribution in [0, 0.1) is 18.6 Å². The van der Waals surface area contributed by atoms with E-state index in [9.17, 15) is 14.3 Å². The zero-order valence-corrected chi connectivity index (χ0v) is 21.7. The van der Waals surface area contributed by atoms with E-state index in [2.05, 4.69) is 4.98 Å². The van der Waals surface area contributed by atoms with E-state index in [-0.39, 0.29) is 23.8 Å². The Hall–Kier alpha value is -3.58. The summed E-state index contributed by atoms with van der Waals surface area (Å²) < 4.78 is 36.0. The Labute approximate surface area is 214 Å². The first-order valence-corrected chi connectivity index (χ1v) is 12.3. The number of aliphatic carboxylic acids is 1. The van der Waals surface area contributed by atoms with E-state index in [1.165, 1.54) is 6.07 Å². The highest BCUT2D eigenvalue weighted by Crippen LogP contribution is 2.43. The quantitative estimate of drug-likeness (QED) is 0.328. The van der Waals surface area contributed by atoms with Crippen molar-refractivity contribution >= 4 is 27.6 Å². The lowest BCUT2D eigenvalue weighted by Crippen LogP contribution is -2.10. The van der Waals surface area contributed by atoms with Gasteiger partial charge in [0.25, 0.3) is 0 Å². The third-order valence-corrected chi connectivity index (χ3v) is 6.28. The number of pyridine rings is 1. The number of fused-ring (bicyclic) bond motifs is 1. The van der Waals surface area contributed by atoms with E-state index < -0.39 is 23.2 Å². The first-order chi connectivity index (χ1) is 17.4. The Balaban J connectivity index is 0.000000586. The number of halogens is 2. The average molecular weight is 508 g/mol. The molecule has 0 unspecified atom stereocenters. The summed E-state index contributed by atoms with van der Waals surface area (Å²) >= 11 is 0. The van der Waals surface area contributed by atoms with E-state index in [4.69, 9.17) is 9.84 Å². The number of aliphatic hydroxyl groups is 1. The molecule has 0 atom stereocenters. The van der Waals surface area contributed by atoms with Crippen LogP contribution in [0.3, 0.4) is 0 Å². The number of aromatic nitrogens is 1. The lowest BCUT2D eigenvalue weighted by atomic mass is 9.86. The second-order valence-corrected chi connectivity index (χ2v) is 10.3. The Bertz CT molecular complexity index is 1510. The van der Waals surface area contributed by atoms with E-state index in [0.717, 1.165) is 17.4 Å². The maximum atomic E-state index is 15.3. The van der Waals surface area contributed by atoms with Gasteiger partial charge in [-0.2, -0.15) is 0 Å². The standard InChI is InChI=1S/C26H21F2NO3.C4H10O/c1-3-15-20(27)11-18-19(25(15)28)10-13(2)17(12-22(30)31)24(18)16-4-5-21-23-14(7-9-32-21)6-8-29-26(16)23;1-4(2,3)5/h4-6,8,10-11H,3,7,9,12H2,1-2H3,(H,30,31);5H,1-3H3. The number of aryl methyl sites for hydroxylation is 1. The Morgan fingerprint density at radius 2 is 1.81 bits per heavy atom. The predicted molar refractivity (Wildman–Crippen MR) is 141 cm³/mol. The highest BCUT2D eigenvalue weighted by molar-refractivity contribution is 6.08. The van der Waals surface area contributed by atoms with Crippen LogP contribution in [0.15, 0.2) is 36.5 Å². The maximum Gasteiger partial charge on any atom is 0.307 e. The molecule has 7 heteroatoms. The third kappa shape index (κ3) is 5.27. The molecule has 0 spiro atoms. The number of hydrogen-bond donors (Lipinski definition) is 2. The fourth-order valence-electron chi connectivity index (χ4n) is 4.80. The van der Waals surface area contributed by atoms with Crippen molar-refractivity contribution in [3.63, 3.8) is 0 Å². The fourth-order valence-corrected chi connectivity index (χ4v) is 4.80. The molecule has 0 radical (unpaired) electrons. The topological polar surface area (TPSA) is 79.7 Å². The smallest absolute Gasteiger partial charge is 0.307 e. The third-order valence-electron chi connectivity index (χ3n) is 6.28.